The van der Waals surface area contributed by atoms with Crippen LogP contribution in [0.25, 0.3) is 16.8 Å². The molecule has 0 aliphatic carbocycles. The first-order valence-electron chi connectivity index (χ1n) is 11.4. The number of nitrogens with zero attached hydrogens (tertiary/aromatic N) is 6. The van der Waals surface area contributed by atoms with Crippen LogP contribution in [0.4, 0.5) is 5.82 Å². The standard InChI is InChI=1S/C25H26N6O/c1-17-13-19(14-27-24(17)30-10-2-3-11-30)21-15-26-23(31-16-28-29-25(21)31)8-7-18-5-4-6-22-20(18)9-12-32-22/h4-6,13-16H,2-3,7-12H2,1H3. The Morgan fingerprint density at radius 1 is 1.06 bits per heavy atom. The minimum absolute atomic E-state index is 0.777. The number of ether oxygens (including phenoxy) is 1. The van der Waals surface area contributed by atoms with E-state index in [-0.39, 0.29) is 0 Å². The summed E-state index contributed by atoms with van der Waals surface area (Å²) in [5.41, 5.74) is 6.68. The Balaban J connectivity index is 1.29. The lowest BCUT2D eigenvalue weighted by Gasteiger charge is -2.19. The Morgan fingerprint density at radius 2 is 1.97 bits per heavy atom. The molecule has 0 bridgehead atoms. The average molecular weight is 427 g/mol. The molecule has 2 aliphatic heterocycles. The van der Waals surface area contributed by atoms with Crippen molar-refractivity contribution < 1.29 is 4.74 Å². The number of hydrogen-bond donors (Lipinski definition) is 0. The zero-order chi connectivity index (χ0) is 21.5. The first kappa shape index (κ1) is 19.2. The molecule has 0 unspecified atom stereocenters. The van der Waals surface area contributed by atoms with E-state index < -0.39 is 0 Å². The molecule has 6 rings (SSSR count). The molecular formula is C25H26N6O. The molecule has 1 fully saturated rings. The van der Waals surface area contributed by atoms with Gasteiger partial charge in [-0.2, -0.15) is 0 Å². The maximum absolute atomic E-state index is 5.71. The molecule has 32 heavy (non-hydrogen) atoms. The normalized spacial score (nSPS) is 15.3. The number of rotatable bonds is 5. The topological polar surface area (TPSA) is 68.4 Å². The first-order valence-corrected chi connectivity index (χ1v) is 11.4. The molecule has 0 N–H and O–H groups in total. The van der Waals surface area contributed by atoms with Gasteiger partial charge in [0.15, 0.2) is 5.65 Å². The van der Waals surface area contributed by atoms with Crippen molar-refractivity contribution in [3.05, 3.63) is 65.5 Å². The molecule has 7 nitrogen and oxygen atoms in total. The van der Waals surface area contributed by atoms with Gasteiger partial charge in [0.2, 0.25) is 0 Å². The van der Waals surface area contributed by atoms with Crippen molar-refractivity contribution in [1.29, 1.82) is 0 Å². The number of fused-ring (bicyclic) bond motifs is 2. The molecule has 0 atom stereocenters. The van der Waals surface area contributed by atoms with Gasteiger partial charge in [0.05, 0.1) is 6.61 Å². The molecule has 2 aliphatic rings. The van der Waals surface area contributed by atoms with Crippen molar-refractivity contribution in [3.8, 4) is 16.9 Å². The molecule has 7 heteroatoms. The molecule has 0 radical (unpaired) electrons. The Hall–Kier alpha value is -3.48. The Labute approximate surface area is 187 Å². The molecule has 0 spiro atoms. The van der Waals surface area contributed by atoms with E-state index >= 15 is 0 Å². The van der Waals surface area contributed by atoms with Gasteiger partial charge in [-0.3, -0.25) is 4.40 Å². The van der Waals surface area contributed by atoms with Gasteiger partial charge in [0.25, 0.3) is 0 Å². The van der Waals surface area contributed by atoms with E-state index in [9.17, 15) is 0 Å². The van der Waals surface area contributed by atoms with E-state index in [0.717, 1.165) is 73.1 Å². The van der Waals surface area contributed by atoms with Crippen LogP contribution in [0.1, 0.15) is 35.4 Å². The van der Waals surface area contributed by atoms with Crippen molar-refractivity contribution in [1.82, 2.24) is 24.6 Å². The maximum atomic E-state index is 5.71. The van der Waals surface area contributed by atoms with Gasteiger partial charge in [0, 0.05) is 55.0 Å². The van der Waals surface area contributed by atoms with Gasteiger partial charge >= 0.3 is 0 Å². The molecule has 4 aromatic rings. The molecule has 1 saturated heterocycles. The van der Waals surface area contributed by atoms with Crippen LogP contribution in [0.5, 0.6) is 5.75 Å². The van der Waals surface area contributed by atoms with Crippen molar-refractivity contribution in [3.63, 3.8) is 0 Å². The van der Waals surface area contributed by atoms with Crippen LogP contribution in [0.15, 0.2) is 43.0 Å². The summed E-state index contributed by atoms with van der Waals surface area (Å²) >= 11 is 0. The molecule has 0 saturated carbocycles. The fourth-order valence-corrected chi connectivity index (χ4v) is 5.00. The highest BCUT2D eigenvalue weighted by Gasteiger charge is 2.19. The second-order valence-corrected chi connectivity index (χ2v) is 8.66. The van der Waals surface area contributed by atoms with Crippen molar-refractivity contribution in [2.75, 3.05) is 24.6 Å². The van der Waals surface area contributed by atoms with Crippen LogP contribution >= 0.6 is 0 Å². The number of anilines is 1. The summed E-state index contributed by atoms with van der Waals surface area (Å²) in [6.07, 6.45) is 10.8. The second-order valence-electron chi connectivity index (χ2n) is 8.66. The first-order chi connectivity index (χ1) is 15.8. The lowest BCUT2D eigenvalue weighted by Crippen LogP contribution is -2.20. The summed E-state index contributed by atoms with van der Waals surface area (Å²) in [5.74, 6) is 3.08. The van der Waals surface area contributed by atoms with Gasteiger partial charge in [-0.15, -0.1) is 10.2 Å². The largest absolute Gasteiger partial charge is 0.493 e. The summed E-state index contributed by atoms with van der Waals surface area (Å²) < 4.78 is 7.73. The monoisotopic (exact) mass is 426 g/mol. The van der Waals surface area contributed by atoms with E-state index in [0.29, 0.717) is 0 Å². The molecule has 3 aromatic heterocycles. The van der Waals surface area contributed by atoms with Crippen molar-refractivity contribution in [2.45, 2.75) is 39.0 Å². The number of benzene rings is 1. The Kier molecular flexibility index (Phi) is 4.74. The summed E-state index contributed by atoms with van der Waals surface area (Å²) in [7, 11) is 0. The van der Waals surface area contributed by atoms with Gasteiger partial charge in [-0.1, -0.05) is 12.1 Å². The van der Waals surface area contributed by atoms with Crippen LogP contribution in [-0.4, -0.2) is 44.3 Å². The van der Waals surface area contributed by atoms with E-state index in [1.54, 1.807) is 6.33 Å². The minimum Gasteiger partial charge on any atom is -0.493 e. The highest BCUT2D eigenvalue weighted by Crippen LogP contribution is 2.30. The van der Waals surface area contributed by atoms with Gasteiger partial charge in [-0.05, 0) is 49.4 Å². The van der Waals surface area contributed by atoms with Gasteiger partial charge in [-0.25, -0.2) is 9.97 Å². The predicted molar refractivity (Wildman–Crippen MR) is 123 cm³/mol. The number of aryl methyl sites for hydroxylation is 3. The third-order valence-electron chi connectivity index (χ3n) is 6.63. The van der Waals surface area contributed by atoms with E-state index in [2.05, 4.69) is 46.3 Å². The highest BCUT2D eigenvalue weighted by molar-refractivity contribution is 5.77. The van der Waals surface area contributed by atoms with E-state index in [4.69, 9.17) is 14.7 Å². The third kappa shape index (κ3) is 3.28. The van der Waals surface area contributed by atoms with Crippen LogP contribution < -0.4 is 9.64 Å². The predicted octanol–water partition coefficient (Wildman–Crippen LogP) is 3.82. The Morgan fingerprint density at radius 3 is 2.84 bits per heavy atom. The average Bonchev–Trinajstić information content (AvgIpc) is 3.59. The van der Waals surface area contributed by atoms with Crippen LogP contribution in [0.2, 0.25) is 0 Å². The Bertz CT molecular complexity index is 1290. The second kappa shape index (κ2) is 7.89. The van der Waals surface area contributed by atoms with Crippen molar-refractivity contribution in [2.24, 2.45) is 0 Å². The molecule has 1 aromatic carbocycles. The fraction of sp³-hybridized carbons (Fsp3) is 0.360. The van der Waals surface area contributed by atoms with Crippen molar-refractivity contribution >= 4 is 11.5 Å². The lowest BCUT2D eigenvalue weighted by molar-refractivity contribution is 0.357. The van der Waals surface area contributed by atoms with Crippen LogP contribution in [0.3, 0.4) is 0 Å². The van der Waals surface area contributed by atoms with Crippen LogP contribution in [-0.2, 0) is 19.3 Å². The molecule has 162 valence electrons. The maximum Gasteiger partial charge on any atom is 0.171 e. The SMILES string of the molecule is Cc1cc(-c2cnc(CCc3cccc4c3CCO4)n3cnnc23)cnc1N1CCCC1. The van der Waals surface area contributed by atoms with E-state index in [1.807, 2.05) is 16.8 Å². The van der Waals surface area contributed by atoms with E-state index in [1.165, 1.54) is 29.5 Å². The minimum atomic E-state index is 0.777. The van der Waals surface area contributed by atoms with Gasteiger partial charge < -0.3 is 9.64 Å². The smallest absolute Gasteiger partial charge is 0.171 e. The zero-order valence-corrected chi connectivity index (χ0v) is 18.3. The molecule has 0 amide bonds. The number of aromatic nitrogens is 5. The molecule has 5 heterocycles. The number of pyridine rings is 1. The molecular weight excluding hydrogens is 400 g/mol. The summed E-state index contributed by atoms with van der Waals surface area (Å²) in [4.78, 5) is 12.0. The third-order valence-corrected chi connectivity index (χ3v) is 6.63. The lowest BCUT2D eigenvalue weighted by atomic mass is 10.0. The summed E-state index contributed by atoms with van der Waals surface area (Å²) in [6, 6.07) is 8.52. The van der Waals surface area contributed by atoms with Gasteiger partial charge in [0.1, 0.15) is 23.7 Å². The quantitative estimate of drug-likeness (QED) is 0.483. The zero-order valence-electron chi connectivity index (χ0n) is 18.3. The fourth-order valence-electron chi connectivity index (χ4n) is 5.00. The number of hydrogen-bond acceptors (Lipinski definition) is 6. The highest BCUT2D eigenvalue weighted by atomic mass is 16.5. The van der Waals surface area contributed by atoms with Crippen LogP contribution in [0, 0.1) is 6.92 Å². The summed E-state index contributed by atoms with van der Waals surface area (Å²) in [5, 5.41) is 8.60. The summed E-state index contributed by atoms with van der Waals surface area (Å²) in [6.45, 7) is 5.09.